The van der Waals surface area contributed by atoms with Crippen LogP contribution in [0.15, 0.2) is 75.5 Å². The maximum atomic E-state index is 13.1. The number of alkyl halides is 3. The van der Waals surface area contributed by atoms with Crippen LogP contribution in [0.3, 0.4) is 0 Å². The highest BCUT2D eigenvalue weighted by molar-refractivity contribution is 7.99. The molecule has 0 amide bonds. The molecule has 2 heterocycles. The van der Waals surface area contributed by atoms with Crippen LogP contribution in [0.5, 0.6) is 5.75 Å². The molecular formula is C22H17F3N2O2S2. The van der Waals surface area contributed by atoms with Gasteiger partial charge in [-0.1, -0.05) is 54.2 Å². The molecule has 1 aliphatic rings. The van der Waals surface area contributed by atoms with Gasteiger partial charge in [-0.2, -0.15) is 0 Å². The van der Waals surface area contributed by atoms with Crippen molar-refractivity contribution in [3.05, 3.63) is 82.3 Å². The molecule has 1 aromatic heterocycles. The van der Waals surface area contributed by atoms with Gasteiger partial charge >= 0.3 is 6.36 Å². The first-order valence-electron chi connectivity index (χ1n) is 9.40. The minimum absolute atomic E-state index is 0.202. The van der Waals surface area contributed by atoms with Crippen LogP contribution < -0.4 is 10.3 Å². The molecule has 4 rings (SSSR count). The molecule has 0 fully saturated rings. The maximum Gasteiger partial charge on any atom is 0.573 e. The minimum Gasteiger partial charge on any atom is -0.406 e. The number of fused-ring (bicyclic) bond motifs is 1. The van der Waals surface area contributed by atoms with Crippen LogP contribution in [0.2, 0.25) is 0 Å². The van der Waals surface area contributed by atoms with Gasteiger partial charge in [0.2, 0.25) is 0 Å². The average molecular weight is 463 g/mol. The Morgan fingerprint density at radius 2 is 1.87 bits per heavy atom. The second kappa shape index (κ2) is 9.23. The molecule has 0 unspecified atom stereocenters. The van der Waals surface area contributed by atoms with Crippen molar-refractivity contribution in [2.24, 2.45) is 0 Å². The van der Waals surface area contributed by atoms with E-state index in [-0.39, 0.29) is 11.3 Å². The molecule has 0 bridgehead atoms. The van der Waals surface area contributed by atoms with Crippen molar-refractivity contribution in [1.29, 1.82) is 0 Å². The number of aryl methyl sites for hydroxylation is 1. The molecular weight excluding hydrogens is 445 g/mol. The number of hydrogen-bond acceptors (Lipinski definition) is 5. The van der Waals surface area contributed by atoms with Crippen molar-refractivity contribution < 1.29 is 17.9 Å². The van der Waals surface area contributed by atoms with Gasteiger partial charge in [0.1, 0.15) is 5.75 Å². The van der Waals surface area contributed by atoms with Gasteiger partial charge in [0.05, 0.1) is 16.3 Å². The zero-order valence-electron chi connectivity index (χ0n) is 16.1. The van der Waals surface area contributed by atoms with Crippen LogP contribution in [0, 0.1) is 0 Å². The molecule has 0 spiro atoms. The van der Waals surface area contributed by atoms with E-state index in [0.29, 0.717) is 21.5 Å². The maximum absolute atomic E-state index is 13.1. The Bertz CT molecular complexity index is 1140. The Hall–Kier alpha value is -2.65. The summed E-state index contributed by atoms with van der Waals surface area (Å²) < 4.78 is 42.7. The average Bonchev–Trinajstić information content (AvgIpc) is 3.21. The minimum atomic E-state index is -4.77. The fraction of sp³-hybridized carbons (Fsp3) is 0.182. The lowest BCUT2D eigenvalue weighted by molar-refractivity contribution is -0.274. The van der Waals surface area contributed by atoms with Gasteiger partial charge in [0.25, 0.3) is 5.56 Å². The number of ether oxygens (including phenoxy) is 1. The molecule has 1 aliphatic heterocycles. The van der Waals surface area contributed by atoms with E-state index in [9.17, 15) is 18.0 Å². The summed E-state index contributed by atoms with van der Waals surface area (Å²) in [5.41, 5.74) is 2.08. The van der Waals surface area contributed by atoms with Crippen LogP contribution in [-0.2, 0) is 6.42 Å². The molecule has 0 saturated heterocycles. The molecule has 31 heavy (non-hydrogen) atoms. The van der Waals surface area contributed by atoms with E-state index in [0.717, 1.165) is 23.4 Å². The third-order valence-electron chi connectivity index (χ3n) is 4.41. The van der Waals surface area contributed by atoms with Gasteiger partial charge in [-0.25, -0.2) is 4.98 Å². The first kappa shape index (κ1) is 21.6. The van der Waals surface area contributed by atoms with E-state index >= 15 is 0 Å². The zero-order valence-corrected chi connectivity index (χ0v) is 17.8. The van der Waals surface area contributed by atoms with Gasteiger partial charge in [-0.3, -0.25) is 9.36 Å². The second-order valence-electron chi connectivity index (χ2n) is 6.57. The quantitative estimate of drug-likeness (QED) is 0.353. The zero-order chi connectivity index (χ0) is 21.8. The number of nitrogens with zero attached hydrogens (tertiary/aromatic N) is 2. The Morgan fingerprint density at radius 1 is 1.13 bits per heavy atom. The lowest BCUT2D eigenvalue weighted by atomic mass is 10.2. The van der Waals surface area contributed by atoms with E-state index < -0.39 is 6.36 Å². The lowest BCUT2D eigenvalue weighted by Crippen LogP contribution is -2.24. The van der Waals surface area contributed by atoms with Gasteiger partial charge < -0.3 is 4.74 Å². The highest BCUT2D eigenvalue weighted by Crippen LogP contribution is 2.31. The molecule has 0 aliphatic carbocycles. The molecule has 9 heteroatoms. The standard InChI is InChI=1S/C22H17F3N2O2S2/c23-22(24,25)29-17-10-8-16(9-11-17)27-20(28)19-18(12-14-30-19)26-21(27)31-13-4-7-15-5-2-1-3-6-15/h1-11H,12-14H2/b7-4+. The van der Waals surface area contributed by atoms with E-state index in [1.807, 2.05) is 42.5 Å². The van der Waals surface area contributed by atoms with E-state index in [1.54, 1.807) is 0 Å². The highest BCUT2D eigenvalue weighted by atomic mass is 32.2. The number of rotatable bonds is 6. The van der Waals surface area contributed by atoms with Gasteiger partial charge in [-0.05, 0) is 29.8 Å². The van der Waals surface area contributed by atoms with Crippen LogP contribution in [-0.4, -0.2) is 27.4 Å². The van der Waals surface area contributed by atoms with E-state index in [2.05, 4.69) is 9.72 Å². The molecule has 0 N–H and O–H groups in total. The molecule has 2 aromatic carbocycles. The topological polar surface area (TPSA) is 44.1 Å². The third kappa shape index (κ3) is 5.34. The summed E-state index contributed by atoms with van der Waals surface area (Å²) in [6.07, 6.45) is -0.0707. The van der Waals surface area contributed by atoms with Crippen molar-refractivity contribution in [2.45, 2.75) is 22.8 Å². The first-order chi connectivity index (χ1) is 14.9. The summed E-state index contributed by atoms with van der Waals surface area (Å²) in [6.45, 7) is 0. The summed E-state index contributed by atoms with van der Waals surface area (Å²) in [4.78, 5) is 18.4. The van der Waals surface area contributed by atoms with Crippen molar-refractivity contribution >= 4 is 29.6 Å². The Kier molecular flexibility index (Phi) is 6.43. The van der Waals surface area contributed by atoms with Crippen molar-refractivity contribution in [1.82, 2.24) is 9.55 Å². The highest BCUT2D eigenvalue weighted by Gasteiger charge is 2.31. The molecule has 4 nitrogen and oxygen atoms in total. The largest absolute Gasteiger partial charge is 0.573 e. The van der Waals surface area contributed by atoms with Gasteiger partial charge in [-0.15, -0.1) is 24.9 Å². The molecule has 3 aromatic rings. The smallest absolute Gasteiger partial charge is 0.406 e. The normalized spacial score (nSPS) is 13.5. The molecule has 160 valence electrons. The van der Waals surface area contributed by atoms with Gasteiger partial charge in [0.15, 0.2) is 5.16 Å². The van der Waals surface area contributed by atoms with E-state index in [4.69, 9.17) is 0 Å². The number of benzene rings is 2. The summed E-state index contributed by atoms with van der Waals surface area (Å²) in [6, 6.07) is 15.1. The predicted molar refractivity (Wildman–Crippen MR) is 117 cm³/mol. The fourth-order valence-electron chi connectivity index (χ4n) is 3.08. The third-order valence-corrected chi connectivity index (χ3v) is 6.41. The van der Waals surface area contributed by atoms with Gasteiger partial charge in [0, 0.05) is 17.9 Å². The second-order valence-corrected chi connectivity index (χ2v) is 8.67. The molecule has 0 atom stereocenters. The molecule has 0 radical (unpaired) electrons. The summed E-state index contributed by atoms with van der Waals surface area (Å²) in [7, 11) is 0. The van der Waals surface area contributed by atoms with Crippen LogP contribution in [0.4, 0.5) is 13.2 Å². The van der Waals surface area contributed by atoms with E-state index in [1.165, 1.54) is 52.4 Å². The van der Waals surface area contributed by atoms with Crippen LogP contribution in [0.1, 0.15) is 11.3 Å². The SMILES string of the molecule is O=c1c2c(nc(SC/C=C/c3ccccc3)n1-c1ccc(OC(F)(F)F)cc1)CCS2. The fourth-order valence-corrected chi connectivity index (χ4v) is 4.95. The summed E-state index contributed by atoms with van der Waals surface area (Å²) in [5.74, 6) is 1.04. The van der Waals surface area contributed by atoms with Crippen LogP contribution >= 0.6 is 23.5 Å². The van der Waals surface area contributed by atoms with Crippen LogP contribution in [0.25, 0.3) is 11.8 Å². The number of hydrogen-bond donors (Lipinski definition) is 0. The lowest BCUT2D eigenvalue weighted by Gasteiger charge is -2.14. The monoisotopic (exact) mass is 462 g/mol. The Morgan fingerprint density at radius 3 is 2.58 bits per heavy atom. The Balaban J connectivity index is 1.62. The number of aromatic nitrogens is 2. The summed E-state index contributed by atoms with van der Waals surface area (Å²) >= 11 is 2.86. The number of halogens is 3. The first-order valence-corrected chi connectivity index (χ1v) is 11.4. The van der Waals surface area contributed by atoms with Crippen molar-refractivity contribution in [2.75, 3.05) is 11.5 Å². The van der Waals surface area contributed by atoms with Crippen molar-refractivity contribution in [3.8, 4) is 11.4 Å². The molecule has 0 saturated carbocycles. The summed E-state index contributed by atoms with van der Waals surface area (Å²) in [5, 5.41) is 0.508. The predicted octanol–water partition coefficient (Wildman–Crippen LogP) is 5.58. The van der Waals surface area contributed by atoms with Crippen molar-refractivity contribution in [3.63, 3.8) is 0 Å². The Labute approximate surface area is 185 Å². The number of thioether (sulfide) groups is 2.